The highest BCUT2D eigenvalue weighted by Crippen LogP contribution is 2.11. The zero-order chi connectivity index (χ0) is 11.3. The van der Waals surface area contributed by atoms with E-state index in [9.17, 15) is 9.18 Å². The standard InChI is InChI=1S/C12H11FO2/c1-2-3-4-5-9-6-7-10(12(14)15)11(13)8-9/h6-8H,4-5H2,1H3,(H,14,15). The number of carbonyl (C=O) groups is 1. The average Bonchev–Trinajstić information content (AvgIpc) is 2.17. The topological polar surface area (TPSA) is 37.3 Å². The molecule has 0 heterocycles. The van der Waals surface area contributed by atoms with Gasteiger partial charge in [-0.15, -0.1) is 11.8 Å². The smallest absolute Gasteiger partial charge is 0.338 e. The Labute approximate surface area is 87.7 Å². The predicted molar refractivity (Wildman–Crippen MR) is 55.1 cm³/mol. The van der Waals surface area contributed by atoms with Gasteiger partial charge in [0.2, 0.25) is 0 Å². The van der Waals surface area contributed by atoms with Gasteiger partial charge in [-0.3, -0.25) is 0 Å². The molecule has 0 aliphatic heterocycles. The van der Waals surface area contributed by atoms with Gasteiger partial charge >= 0.3 is 5.97 Å². The normalized spacial score (nSPS) is 9.20. The molecule has 1 N–H and O–H groups in total. The van der Waals surface area contributed by atoms with Gasteiger partial charge in [0.25, 0.3) is 0 Å². The van der Waals surface area contributed by atoms with Gasteiger partial charge in [0, 0.05) is 6.42 Å². The highest BCUT2D eigenvalue weighted by atomic mass is 19.1. The molecule has 0 aromatic heterocycles. The Hall–Kier alpha value is -1.82. The molecule has 0 saturated carbocycles. The lowest BCUT2D eigenvalue weighted by Gasteiger charge is -2.00. The molecule has 78 valence electrons. The van der Waals surface area contributed by atoms with E-state index in [1.54, 1.807) is 13.0 Å². The van der Waals surface area contributed by atoms with E-state index < -0.39 is 11.8 Å². The molecule has 0 spiro atoms. The average molecular weight is 206 g/mol. The number of carboxylic acids is 1. The third-order valence-corrected chi connectivity index (χ3v) is 1.98. The van der Waals surface area contributed by atoms with Gasteiger partial charge in [-0.1, -0.05) is 6.07 Å². The quantitative estimate of drug-likeness (QED) is 0.771. The van der Waals surface area contributed by atoms with E-state index in [4.69, 9.17) is 5.11 Å². The SMILES string of the molecule is CC#CCCc1ccc(C(=O)O)c(F)c1. The Kier molecular flexibility index (Phi) is 3.87. The maximum Gasteiger partial charge on any atom is 0.338 e. The van der Waals surface area contributed by atoms with Crippen molar-refractivity contribution < 1.29 is 14.3 Å². The first kappa shape index (κ1) is 11.3. The summed E-state index contributed by atoms with van der Waals surface area (Å²) in [5.41, 5.74) is 0.473. The van der Waals surface area contributed by atoms with Crippen LogP contribution in [0, 0.1) is 17.7 Å². The summed E-state index contributed by atoms with van der Waals surface area (Å²) in [7, 11) is 0. The number of hydrogen-bond acceptors (Lipinski definition) is 1. The van der Waals surface area contributed by atoms with Gasteiger partial charge < -0.3 is 5.11 Å². The second kappa shape index (κ2) is 5.16. The molecule has 1 aromatic carbocycles. The van der Waals surface area contributed by atoms with E-state index in [1.165, 1.54) is 12.1 Å². The fourth-order valence-electron chi connectivity index (χ4n) is 1.22. The van der Waals surface area contributed by atoms with Crippen molar-refractivity contribution in [2.45, 2.75) is 19.8 Å². The summed E-state index contributed by atoms with van der Waals surface area (Å²) in [6.07, 6.45) is 1.29. The Bertz CT molecular complexity index is 427. The van der Waals surface area contributed by atoms with Crippen molar-refractivity contribution in [1.82, 2.24) is 0 Å². The summed E-state index contributed by atoms with van der Waals surface area (Å²) in [5.74, 6) is 3.68. The Morgan fingerprint density at radius 1 is 1.53 bits per heavy atom. The second-order valence-electron chi connectivity index (χ2n) is 3.05. The van der Waals surface area contributed by atoms with Crippen molar-refractivity contribution >= 4 is 5.97 Å². The van der Waals surface area contributed by atoms with Gasteiger partial charge in [-0.05, 0) is 31.0 Å². The number of benzene rings is 1. The van der Waals surface area contributed by atoms with E-state index in [-0.39, 0.29) is 5.56 Å². The monoisotopic (exact) mass is 206 g/mol. The first-order chi connectivity index (χ1) is 7.15. The highest BCUT2D eigenvalue weighted by Gasteiger charge is 2.09. The third kappa shape index (κ3) is 3.10. The summed E-state index contributed by atoms with van der Waals surface area (Å²) in [6, 6.07) is 4.15. The Balaban J connectivity index is 2.80. The van der Waals surface area contributed by atoms with Crippen LogP contribution in [0.2, 0.25) is 0 Å². The Morgan fingerprint density at radius 2 is 2.27 bits per heavy atom. The molecule has 0 fully saturated rings. The van der Waals surface area contributed by atoms with Crippen LogP contribution in [0.15, 0.2) is 18.2 Å². The summed E-state index contributed by atoms with van der Waals surface area (Å²) in [6.45, 7) is 1.74. The molecule has 0 aliphatic carbocycles. The minimum atomic E-state index is -1.24. The van der Waals surface area contributed by atoms with Gasteiger partial charge in [-0.25, -0.2) is 9.18 Å². The van der Waals surface area contributed by atoms with Crippen molar-refractivity contribution in [3.05, 3.63) is 35.1 Å². The molecule has 0 amide bonds. The molecule has 0 radical (unpaired) electrons. The molecule has 0 unspecified atom stereocenters. The van der Waals surface area contributed by atoms with Crippen molar-refractivity contribution in [1.29, 1.82) is 0 Å². The predicted octanol–water partition coefficient (Wildman–Crippen LogP) is 2.48. The fourth-order valence-corrected chi connectivity index (χ4v) is 1.22. The molecule has 3 heteroatoms. The van der Waals surface area contributed by atoms with Crippen LogP contribution in [0.25, 0.3) is 0 Å². The van der Waals surface area contributed by atoms with E-state index in [0.29, 0.717) is 12.8 Å². The van der Waals surface area contributed by atoms with E-state index in [0.717, 1.165) is 5.56 Å². The number of carboxylic acid groups (broad SMARTS) is 1. The van der Waals surface area contributed by atoms with E-state index in [1.807, 2.05) is 0 Å². The molecule has 1 rings (SSSR count). The molecule has 2 nitrogen and oxygen atoms in total. The van der Waals surface area contributed by atoms with E-state index >= 15 is 0 Å². The van der Waals surface area contributed by atoms with Crippen LogP contribution < -0.4 is 0 Å². The summed E-state index contributed by atoms with van der Waals surface area (Å²) >= 11 is 0. The lowest BCUT2D eigenvalue weighted by molar-refractivity contribution is 0.0692. The van der Waals surface area contributed by atoms with Gasteiger partial charge in [-0.2, -0.15) is 0 Å². The third-order valence-electron chi connectivity index (χ3n) is 1.98. The minimum Gasteiger partial charge on any atom is -0.478 e. The summed E-state index contributed by atoms with van der Waals surface area (Å²) in [4.78, 5) is 10.5. The lowest BCUT2D eigenvalue weighted by Crippen LogP contribution is -2.01. The zero-order valence-corrected chi connectivity index (χ0v) is 8.38. The Morgan fingerprint density at radius 3 is 2.80 bits per heavy atom. The molecule has 15 heavy (non-hydrogen) atoms. The van der Waals surface area contributed by atoms with Crippen LogP contribution in [0.3, 0.4) is 0 Å². The molecule has 0 aliphatic rings. The van der Waals surface area contributed by atoms with Crippen molar-refractivity contribution in [3.63, 3.8) is 0 Å². The number of rotatable bonds is 3. The van der Waals surface area contributed by atoms with Crippen LogP contribution in [0.5, 0.6) is 0 Å². The van der Waals surface area contributed by atoms with E-state index in [2.05, 4.69) is 11.8 Å². The maximum atomic E-state index is 13.2. The van der Waals surface area contributed by atoms with Gasteiger partial charge in [0.05, 0.1) is 5.56 Å². The largest absolute Gasteiger partial charge is 0.478 e. The lowest BCUT2D eigenvalue weighted by atomic mass is 10.1. The number of aromatic carboxylic acids is 1. The molecule has 0 atom stereocenters. The molecular formula is C12H11FO2. The van der Waals surface area contributed by atoms with Crippen LogP contribution >= 0.6 is 0 Å². The minimum absolute atomic E-state index is 0.291. The van der Waals surface area contributed by atoms with Crippen molar-refractivity contribution in [2.75, 3.05) is 0 Å². The van der Waals surface area contributed by atoms with Crippen LogP contribution in [-0.4, -0.2) is 11.1 Å². The highest BCUT2D eigenvalue weighted by molar-refractivity contribution is 5.87. The number of aryl methyl sites for hydroxylation is 1. The van der Waals surface area contributed by atoms with Crippen molar-refractivity contribution in [3.8, 4) is 11.8 Å². The molecular weight excluding hydrogens is 195 g/mol. The van der Waals surface area contributed by atoms with Crippen LogP contribution in [0.4, 0.5) is 4.39 Å². The molecule has 0 saturated heterocycles. The molecule has 1 aromatic rings. The first-order valence-electron chi connectivity index (χ1n) is 4.56. The van der Waals surface area contributed by atoms with Crippen molar-refractivity contribution in [2.24, 2.45) is 0 Å². The maximum absolute atomic E-state index is 13.2. The van der Waals surface area contributed by atoms with Gasteiger partial charge in [0.1, 0.15) is 5.82 Å². The summed E-state index contributed by atoms with van der Waals surface area (Å²) < 4.78 is 13.2. The summed E-state index contributed by atoms with van der Waals surface area (Å²) in [5, 5.41) is 8.61. The number of hydrogen-bond donors (Lipinski definition) is 1. The fraction of sp³-hybridized carbons (Fsp3) is 0.250. The zero-order valence-electron chi connectivity index (χ0n) is 8.38. The number of halogens is 1. The second-order valence-corrected chi connectivity index (χ2v) is 3.05. The van der Waals surface area contributed by atoms with Crippen LogP contribution in [-0.2, 0) is 6.42 Å². The molecule has 0 bridgehead atoms. The first-order valence-corrected chi connectivity index (χ1v) is 4.56. The van der Waals surface area contributed by atoms with Crippen LogP contribution in [0.1, 0.15) is 29.3 Å². The van der Waals surface area contributed by atoms with Gasteiger partial charge in [0.15, 0.2) is 0 Å².